The van der Waals surface area contributed by atoms with Gasteiger partial charge in [-0.15, -0.1) is 0 Å². The van der Waals surface area contributed by atoms with Gasteiger partial charge >= 0.3 is 0 Å². The first-order chi connectivity index (χ1) is 6.29. The molecule has 0 heterocycles. The fraction of sp³-hybridized carbons (Fsp3) is 0.455. The summed E-state index contributed by atoms with van der Waals surface area (Å²) in [4.78, 5) is 0. The molecular weight excluding hydrogens is 201 g/mol. The van der Waals surface area contributed by atoms with Crippen LogP contribution in [-0.2, 0) is 6.42 Å². The van der Waals surface area contributed by atoms with Crippen LogP contribution in [0.25, 0.3) is 0 Å². The highest BCUT2D eigenvalue weighted by atomic mass is 35.5. The van der Waals surface area contributed by atoms with Gasteiger partial charge in [0.05, 0.1) is 5.02 Å². The molecule has 0 aromatic heterocycles. The van der Waals surface area contributed by atoms with Crippen LogP contribution < -0.4 is 5.73 Å². The smallest absolute Gasteiger partial charge is 0.145 e. The molecule has 0 radical (unpaired) electrons. The van der Waals surface area contributed by atoms with Gasteiger partial charge in [0, 0.05) is 5.54 Å². The van der Waals surface area contributed by atoms with E-state index >= 15 is 0 Å². The maximum atomic E-state index is 13.5. The number of benzene rings is 1. The fourth-order valence-corrected chi connectivity index (χ4v) is 1.71. The summed E-state index contributed by atoms with van der Waals surface area (Å²) in [5.41, 5.74) is 6.95. The molecule has 0 unspecified atom stereocenters. The quantitative estimate of drug-likeness (QED) is 0.806. The van der Waals surface area contributed by atoms with Gasteiger partial charge in [-0.3, -0.25) is 0 Å². The van der Waals surface area contributed by atoms with E-state index in [0.29, 0.717) is 12.0 Å². The van der Waals surface area contributed by atoms with Crippen molar-refractivity contribution < 1.29 is 4.39 Å². The molecule has 1 rings (SSSR count). The van der Waals surface area contributed by atoms with Crippen LogP contribution in [0.3, 0.4) is 0 Å². The molecule has 1 aromatic rings. The second kappa shape index (κ2) is 3.87. The normalized spacial score (nSPS) is 11.9. The van der Waals surface area contributed by atoms with Crippen LogP contribution in [0.1, 0.15) is 25.0 Å². The van der Waals surface area contributed by atoms with E-state index in [4.69, 9.17) is 17.3 Å². The molecule has 1 aromatic carbocycles. The van der Waals surface area contributed by atoms with Gasteiger partial charge in [0.15, 0.2) is 0 Å². The molecule has 1 nitrogen and oxygen atoms in total. The van der Waals surface area contributed by atoms with Gasteiger partial charge in [-0.2, -0.15) is 0 Å². The molecule has 0 saturated heterocycles. The van der Waals surface area contributed by atoms with E-state index in [1.54, 1.807) is 12.1 Å². The summed E-state index contributed by atoms with van der Waals surface area (Å²) in [5, 5.41) is 0.171. The van der Waals surface area contributed by atoms with Crippen LogP contribution in [0.15, 0.2) is 12.1 Å². The molecule has 0 atom stereocenters. The summed E-state index contributed by atoms with van der Waals surface area (Å²) in [6.07, 6.45) is 0.486. The first kappa shape index (κ1) is 11.5. The van der Waals surface area contributed by atoms with Crippen LogP contribution in [0, 0.1) is 12.7 Å². The first-order valence-corrected chi connectivity index (χ1v) is 4.91. The molecule has 0 aliphatic heterocycles. The standard InChI is InChI=1S/C11H15ClFN/c1-7-4-8(6-11(2,3)14)10(13)9(12)5-7/h4-5H,6,14H2,1-3H3. The van der Waals surface area contributed by atoms with Crippen molar-refractivity contribution in [2.75, 3.05) is 0 Å². The second-order valence-corrected chi connectivity index (χ2v) is 4.79. The Hall–Kier alpha value is -0.600. The summed E-state index contributed by atoms with van der Waals surface area (Å²) in [6.45, 7) is 5.61. The molecule has 0 aliphatic carbocycles. The number of aryl methyl sites for hydroxylation is 1. The number of nitrogens with two attached hydrogens (primary N) is 1. The van der Waals surface area contributed by atoms with Crippen molar-refractivity contribution in [3.8, 4) is 0 Å². The van der Waals surface area contributed by atoms with Crippen molar-refractivity contribution in [1.82, 2.24) is 0 Å². The molecule has 78 valence electrons. The highest BCUT2D eigenvalue weighted by Gasteiger charge is 2.16. The third-order valence-electron chi connectivity index (χ3n) is 1.89. The Morgan fingerprint density at radius 1 is 1.43 bits per heavy atom. The molecule has 2 N–H and O–H groups in total. The zero-order valence-corrected chi connectivity index (χ0v) is 9.45. The van der Waals surface area contributed by atoms with E-state index in [-0.39, 0.29) is 10.8 Å². The minimum Gasteiger partial charge on any atom is -0.325 e. The first-order valence-electron chi connectivity index (χ1n) is 4.53. The Morgan fingerprint density at radius 3 is 2.50 bits per heavy atom. The SMILES string of the molecule is Cc1cc(Cl)c(F)c(CC(C)(C)N)c1. The maximum absolute atomic E-state index is 13.5. The molecule has 0 saturated carbocycles. The molecule has 0 amide bonds. The summed E-state index contributed by atoms with van der Waals surface area (Å²) in [5.74, 6) is -0.351. The molecule has 0 bridgehead atoms. The Kier molecular flexibility index (Phi) is 3.17. The average molecular weight is 216 g/mol. The number of hydrogen-bond acceptors (Lipinski definition) is 1. The summed E-state index contributed by atoms with van der Waals surface area (Å²) in [6, 6.07) is 3.40. The maximum Gasteiger partial charge on any atom is 0.145 e. The van der Waals surface area contributed by atoms with Gasteiger partial charge in [-0.05, 0) is 44.4 Å². The molecule has 3 heteroatoms. The van der Waals surface area contributed by atoms with E-state index in [0.717, 1.165) is 5.56 Å². The van der Waals surface area contributed by atoms with Crippen molar-refractivity contribution >= 4 is 11.6 Å². The summed E-state index contributed by atoms with van der Waals surface area (Å²) >= 11 is 5.73. The number of rotatable bonds is 2. The summed E-state index contributed by atoms with van der Waals surface area (Å²) in [7, 11) is 0. The highest BCUT2D eigenvalue weighted by molar-refractivity contribution is 6.30. The third-order valence-corrected chi connectivity index (χ3v) is 2.17. The van der Waals surface area contributed by atoms with Crippen LogP contribution in [-0.4, -0.2) is 5.54 Å². The van der Waals surface area contributed by atoms with Crippen LogP contribution in [0.5, 0.6) is 0 Å². The lowest BCUT2D eigenvalue weighted by Crippen LogP contribution is -2.34. The van der Waals surface area contributed by atoms with E-state index in [2.05, 4.69) is 0 Å². The van der Waals surface area contributed by atoms with Crippen molar-refractivity contribution in [2.24, 2.45) is 5.73 Å². The molecule has 0 aliphatic rings. The Balaban J connectivity index is 3.09. The molecule has 0 spiro atoms. The molecular formula is C11H15ClFN. The van der Waals surface area contributed by atoms with Crippen molar-refractivity contribution in [2.45, 2.75) is 32.7 Å². The van der Waals surface area contributed by atoms with E-state index in [9.17, 15) is 4.39 Å². The van der Waals surface area contributed by atoms with Crippen molar-refractivity contribution in [3.63, 3.8) is 0 Å². The van der Waals surface area contributed by atoms with Gasteiger partial charge in [0.2, 0.25) is 0 Å². The van der Waals surface area contributed by atoms with Gasteiger partial charge in [0.1, 0.15) is 5.82 Å². The highest BCUT2D eigenvalue weighted by Crippen LogP contribution is 2.23. The topological polar surface area (TPSA) is 26.0 Å². The third kappa shape index (κ3) is 2.96. The predicted molar refractivity (Wildman–Crippen MR) is 58.1 cm³/mol. The second-order valence-electron chi connectivity index (χ2n) is 4.39. The van der Waals surface area contributed by atoms with Gasteiger partial charge in [-0.25, -0.2) is 4.39 Å². The van der Waals surface area contributed by atoms with Crippen LogP contribution >= 0.6 is 11.6 Å². The van der Waals surface area contributed by atoms with Crippen LogP contribution in [0.4, 0.5) is 4.39 Å². The average Bonchev–Trinajstić information content (AvgIpc) is 1.96. The van der Waals surface area contributed by atoms with Crippen LogP contribution in [0.2, 0.25) is 5.02 Å². The molecule has 14 heavy (non-hydrogen) atoms. The Morgan fingerprint density at radius 2 is 2.00 bits per heavy atom. The van der Waals surface area contributed by atoms with E-state index in [1.165, 1.54) is 0 Å². The monoisotopic (exact) mass is 215 g/mol. The number of halogens is 2. The fourth-order valence-electron chi connectivity index (χ4n) is 1.42. The van der Waals surface area contributed by atoms with E-state index < -0.39 is 5.54 Å². The van der Waals surface area contributed by atoms with Gasteiger partial charge in [0.25, 0.3) is 0 Å². The lowest BCUT2D eigenvalue weighted by atomic mass is 9.95. The number of hydrogen-bond donors (Lipinski definition) is 1. The Bertz CT molecular complexity index is 342. The van der Waals surface area contributed by atoms with E-state index in [1.807, 2.05) is 20.8 Å². The lowest BCUT2D eigenvalue weighted by molar-refractivity contribution is 0.497. The minimum absolute atomic E-state index is 0.171. The Labute approximate surface area is 89.1 Å². The largest absolute Gasteiger partial charge is 0.325 e. The zero-order chi connectivity index (χ0) is 10.9. The lowest BCUT2D eigenvalue weighted by Gasteiger charge is -2.19. The van der Waals surface area contributed by atoms with Crippen molar-refractivity contribution in [3.05, 3.63) is 34.1 Å². The summed E-state index contributed by atoms with van der Waals surface area (Å²) < 4.78 is 13.5. The zero-order valence-electron chi connectivity index (χ0n) is 8.70. The minimum atomic E-state index is -0.419. The van der Waals surface area contributed by atoms with Crippen molar-refractivity contribution in [1.29, 1.82) is 0 Å². The molecule has 0 fully saturated rings. The van der Waals surface area contributed by atoms with Gasteiger partial charge in [-0.1, -0.05) is 17.7 Å². The predicted octanol–water partition coefficient (Wildman–Crippen LogP) is 3.07. The van der Waals surface area contributed by atoms with Gasteiger partial charge < -0.3 is 5.73 Å².